The van der Waals surface area contributed by atoms with Crippen LogP contribution in [-0.4, -0.2) is 32.8 Å². The van der Waals surface area contributed by atoms with Crippen molar-refractivity contribution < 1.29 is 27.8 Å². The number of rotatable bonds is 5. The summed E-state index contributed by atoms with van der Waals surface area (Å²) in [6, 6.07) is 4.71. The van der Waals surface area contributed by atoms with E-state index in [0.717, 1.165) is 4.68 Å². The smallest absolute Gasteiger partial charge is 0.435 e. The van der Waals surface area contributed by atoms with Crippen molar-refractivity contribution in [1.29, 1.82) is 0 Å². The number of ether oxygens (including phenoxy) is 1. The standard InChI is InChI=1S/C18H14Cl2F3N3O3/c19-11-3-1-2-4-13(11)26-17(8-15(25-26)18(21,22)23)29-9-16(28)24-10-5-6-14(27)12(20)7-10/h1-2,4-8,11,27H,3,9H2,(H,24,28). The van der Waals surface area contributed by atoms with E-state index in [2.05, 4.69) is 10.4 Å². The van der Waals surface area contributed by atoms with Gasteiger partial charge in [0.25, 0.3) is 5.91 Å². The molecule has 0 bridgehead atoms. The fraction of sp³-hybridized carbons (Fsp3) is 0.222. The SMILES string of the molecule is O=C(COc1cc(C(F)(F)F)nn1C1=CC=CCC1Cl)Nc1ccc(O)c(Cl)c1. The van der Waals surface area contributed by atoms with Gasteiger partial charge in [-0.15, -0.1) is 11.6 Å². The molecule has 1 aromatic carbocycles. The Labute approximate surface area is 173 Å². The van der Waals surface area contributed by atoms with Crippen LogP contribution in [0.4, 0.5) is 18.9 Å². The van der Waals surface area contributed by atoms with E-state index in [4.69, 9.17) is 27.9 Å². The van der Waals surface area contributed by atoms with Gasteiger partial charge in [-0.3, -0.25) is 4.79 Å². The number of halogens is 5. The molecule has 1 unspecified atom stereocenters. The monoisotopic (exact) mass is 447 g/mol. The molecule has 1 aliphatic rings. The van der Waals surface area contributed by atoms with Crippen LogP contribution < -0.4 is 10.1 Å². The van der Waals surface area contributed by atoms with Crippen molar-refractivity contribution in [3.63, 3.8) is 0 Å². The van der Waals surface area contributed by atoms with Crippen LogP contribution in [-0.2, 0) is 11.0 Å². The second-order valence-corrected chi connectivity index (χ2v) is 6.94. The summed E-state index contributed by atoms with van der Waals surface area (Å²) in [4.78, 5) is 12.1. The van der Waals surface area contributed by atoms with E-state index in [0.29, 0.717) is 18.2 Å². The predicted octanol–water partition coefficient (Wildman–Crippen LogP) is 4.69. The first-order chi connectivity index (χ1) is 13.6. The summed E-state index contributed by atoms with van der Waals surface area (Å²) in [5.74, 6) is -1.08. The molecule has 2 N–H and O–H groups in total. The highest BCUT2D eigenvalue weighted by Crippen LogP contribution is 2.34. The summed E-state index contributed by atoms with van der Waals surface area (Å²) in [5, 5.41) is 14.8. The van der Waals surface area contributed by atoms with Crippen LogP contribution in [0.5, 0.6) is 11.6 Å². The third-order valence-electron chi connectivity index (χ3n) is 3.86. The Morgan fingerprint density at radius 3 is 2.79 bits per heavy atom. The van der Waals surface area contributed by atoms with Crippen molar-refractivity contribution in [2.24, 2.45) is 0 Å². The van der Waals surface area contributed by atoms with Gasteiger partial charge >= 0.3 is 6.18 Å². The topological polar surface area (TPSA) is 76.4 Å². The average Bonchev–Trinajstić information content (AvgIpc) is 3.08. The Balaban J connectivity index is 1.78. The molecule has 0 fully saturated rings. The van der Waals surface area contributed by atoms with Crippen LogP contribution in [0.15, 0.2) is 42.5 Å². The van der Waals surface area contributed by atoms with E-state index in [-0.39, 0.29) is 22.3 Å². The van der Waals surface area contributed by atoms with Gasteiger partial charge < -0.3 is 15.2 Å². The van der Waals surface area contributed by atoms with Gasteiger partial charge in [-0.2, -0.15) is 18.3 Å². The van der Waals surface area contributed by atoms with E-state index in [1.54, 1.807) is 12.2 Å². The van der Waals surface area contributed by atoms with Crippen molar-refractivity contribution in [3.05, 3.63) is 53.2 Å². The number of alkyl halides is 4. The Kier molecular flexibility index (Phi) is 6.09. The van der Waals surface area contributed by atoms with E-state index >= 15 is 0 Å². The predicted molar refractivity (Wildman–Crippen MR) is 102 cm³/mol. The van der Waals surface area contributed by atoms with Gasteiger partial charge in [-0.05, 0) is 30.7 Å². The van der Waals surface area contributed by atoms with Gasteiger partial charge in [0.1, 0.15) is 5.75 Å². The van der Waals surface area contributed by atoms with Gasteiger partial charge in [0.15, 0.2) is 12.3 Å². The highest BCUT2D eigenvalue weighted by atomic mass is 35.5. The molecule has 0 saturated carbocycles. The summed E-state index contributed by atoms with van der Waals surface area (Å²) in [6.07, 6.45) is 0.664. The first kappa shape index (κ1) is 21.1. The molecule has 1 aliphatic carbocycles. The Bertz CT molecular complexity index is 986. The van der Waals surface area contributed by atoms with Gasteiger partial charge in [0.2, 0.25) is 5.88 Å². The van der Waals surface area contributed by atoms with Gasteiger partial charge in [0.05, 0.1) is 16.1 Å². The number of carbonyl (C=O) groups is 1. The molecule has 1 atom stereocenters. The summed E-state index contributed by atoms with van der Waals surface area (Å²) in [7, 11) is 0. The maximum Gasteiger partial charge on any atom is 0.435 e. The molecule has 6 nitrogen and oxygen atoms in total. The van der Waals surface area contributed by atoms with Crippen LogP contribution in [0.25, 0.3) is 5.70 Å². The lowest BCUT2D eigenvalue weighted by atomic mass is 10.1. The van der Waals surface area contributed by atoms with Crippen molar-refractivity contribution >= 4 is 40.5 Å². The highest BCUT2D eigenvalue weighted by molar-refractivity contribution is 6.32. The van der Waals surface area contributed by atoms with Crippen LogP contribution in [0.3, 0.4) is 0 Å². The number of anilines is 1. The minimum absolute atomic E-state index is 0.0297. The average molecular weight is 448 g/mol. The second-order valence-electron chi connectivity index (χ2n) is 6.00. The van der Waals surface area contributed by atoms with Crippen molar-refractivity contribution in [3.8, 4) is 11.6 Å². The molecule has 1 amide bonds. The maximum absolute atomic E-state index is 13.1. The molecular weight excluding hydrogens is 434 g/mol. The number of phenols is 1. The molecule has 1 heterocycles. The summed E-state index contributed by atoms with van der Waals surface area (Å²) in [6.45, 7) is -0.586. The molecule has 1 aromatic heterocycles. The molecule has 154 valence electrons. The largest absolute Gasteiger partial charge is 0.506 e. The lowest BCUT2D eigenvalue weighted by molar-refractivity contribution is -0.141. The van der Waals surface area contributed by atoms with E-state index in [9.17, 15) is 23.1 Å². The summed E-state index contributed by atoms with van der Waals surface area (Å²) >= 11 is 11.9. The number of carbonyl (C=O) groups excluding carboxylic acids is 1. The number of hydrogen-bond acceptors (Lipinski definition) is 4. The third-order valence-corrected chi connectivity index (χ3v) is 4.57. The normalized spacial score (nSPS) is 16.4. The molecule has 29 heavy (non-hydrogen) atoms. The second kappa shape index (κ2) is 8.38. The maximum atomic E-state index is 13.1. The fourth-order valence-electron chi connectivity index (χ4n) is 2.50. The van der Waals surface area contributed by atoms with Crippen LogP contribution in [0, 0.1) is 0 Å². The van der Waals surface area contributed by atoms with Crippen molar-refractivity contribution in [2.75, 3.05) is 11.9 Å². The highest BCUT2D eigenvalue weighted by Gasteiger charge is 2.36. The molecule has 3 rings (SSSR count). The number of phenolic OH excluding ortho intramolecular Hbond substituents is 1. The molecule has 0 radical (unpaired) electrons. The summed E-state index contributed by atoms with van der Waals surface area (Å²) < 4.78 is 45.5. The van der Waals surface area contributed by atoms with Crippen LogP contribution >= 0.6 is 23.2 Å². The number of allylic oxidation sites excluding steroid dienone is 4. The number of aromatic nitrogens is 2. The molecule has 11 heteroatoms. The molecular formula is C18H14Cl2F3N3O3. The zero-order valence-electron chi connectivity index (χ0n) is 14.6. The van der Waals surface area contributed by atoms with E-state index < -0.39 is 29.8 Å². The number of benzene rings is 1. The Morgan fingerprint density at radius 2 is 2.14 bits per heavy atom. The lowest BCUT2D eigenvalue weighted by Gasteiger charge is -2.17. The zero-order valence-corrected chi connectivity index (χ0v) is 16.1. The van der Waals surface area contributed by atoms with Gasteiger partial charge in [0, 0.05) is 11.8 Å². The number of aromatic hydroxyl groups is 1. The quantitative estimate of drug-likeness (QED) is 0.514. The van der Waals surface area contributed by atoms with Gasteiger partial charge in [-0.25, -0.2) is 4.68 Å². The Hall–Kier alpha value is -2.65. The lowest BCUT2D eigenvalue weighted by Crippen LogP contribution is -2.22. The van der Waals surface area contributed by atoms with Crippen LogP contribution in [0.1, 0.15) is 12.1 Å². The first-order valence-electron chi connectivity index (χ1n) is 8.24. The number of amides is 1. The summed E-state index contributed by atoms with van der Waals surface area (Å²) in [5.41, 5.74) is -0.588. The number of nitrogens with zero attached hydrogens (tertiary/aromatic N) is 2. The molecule has 0 saturated heterocycles. The fourth-order valence-corrected chi connectivity index (χ4v) is 2.95. The number of hydrogen-bond donors (Lipinski definition) is 2. The van der Waals surface area contributed by atoms with Gasteiger partial charge in [-0.1, -0.05) is 23.8 Å². The van der Waals surface area contributed by atoms with E-state index in [1.807, 2.05) is 0 Å². The third kappa shape index (κ3) is 5.04. The molecule has 2 aromatic rings. The van der Waals surface area contributed by atoms with E-state index in [1.165, 1.54) is 24.3 Å². The first-order valence-corrected chi connectivity index (χ1v) is 9.06. The number of nitrogens with one attached hydrogen (secondary N) is 1. The molecule has 0 spiro atoms. The minimum Gasteiger partial charge on any atom is -0.506 e. The van der Waals surface area contributed by atoms with Crippen LogP contribution in [0.2, 0.25) is 5.02 Å². The zero-order chi connectivity index (χ0) is 21.2. The van der Waals surface area contributed by atoms with Crippen molar-refractivity contribution in [2.45, 2.75) is 18.0 Å². The molecule has 0 aliphatic heterocycles. The minimum atomic E-state index is -4.69. The Morgan fingerprint density at radius 1 is 1.38 bits per heavy atom. The van der Waals surface area contributed by atoms with Crippen molar-refractivity contribution in [1.82, 2.24) is 9.78 Å².